The Kier molecular flexibility index (Phi) is 4.02. The van der Waals surface area contributed by atoms with Crippen molar-refractivity contribution in [1.82, 2.24) is 0 Å². The van der Waals surface area contributed by atoms with E-state index in [1.807, 2.05) is 24.3 Å². The van der Waals surface area contributed by atoms with Crippen LogP contribution >= 0.6 is 0 Å². The van der Waals surface area contributed by atoms with Gasteiger partial charge in [-0.15, -0.1) is 0 Å². The second-order valence-electron chi connectivity index (χ2n) is 8.99. The van der Waals surface area contributed by atoms with Crippen LogP contribution in [-0.4, -0.2) is 92.6 Å². The molecule has 7 fully saturated rings. The summed E-state index contributed by atoms with van der Waals surface area (Å²) < 4.78 is 40.6. The average molecular weight is 416 g/mol. The molecular weight excluding hydrogens is 394 g/mol. The molecule has 1 aromatic carbocycles. The van der Waals surface area contributed by atoms with Crippen LogP contribution in [0.2, 0.25) is 0 Å². The molecule has 7 aliphatic rings. The number of rotatable bonds is 3. The van der Waals surface area contributed by atoms with Crippen LogP contribution in [0.15, 0.2) is 24.3 Å². The molecule has 158 valence electrons. The molecule has 1 aromatic rings. The van der Waals surface area contributed by atoms with E-state index in [1.54, 1.807) is 0 Å². The zero-order valence-electron chi connectivity index (χ0n) is 16.2. The van der Waals surface area contributed by atoms with E-state index in [2.05, 4.69) is 0 Å². The van der Waals surface area contributed by atoms with E-state index in [0.29, 0.717) is 19.8 Å². The Labute approximate surface area is 173 Å². The third kappa shape index (κ3) is 2.52. The van der Waals surface area contributed by atoms with Crippen molar-refractivity contribution < 1.29 is 43.1 Å². The molecular formula is C19H22B2O9. The summed E-state index contributed by atoms with van der Waals surface area (Å²) in [5.74, 6) is -0.535. The van der Waals surface area contributed by atoms with Crippen LogP contribution in [0.25, 0.3) is 0 Å². The molecule has 0 radical (unpaired) electrons. The molecule has 1 spiro atoms. The lowest BCUT2D eigenvalue weighted by Crippen LogP contribution is -2.76. The monoisotopic (exact) mass is 416 g/mol. The molecule has 11 heteroatoms. The summed E-state index contributed by atoms with van der Waals surface area (Å²) in [4.78, 5) is 0. The molecule has 30 heavy (non-hydrogen) atoms. The van der Waals surface area contributed by atoms with E-state index in [-0.39, 0.29) is 24.1 Å². The Balaban J connectivity index is 1.07. The maximum Gasteiger partial charge on any atom is 0.494 e. The van der Waals surface area contributed by atoms with Crippen LogP contribution in [-0.2, 0) is 33.0 Å². The van der Waals surface area contributed by atoms with Gasteiger partial charge in [0.15, 0.2) is 12.1 Å². The zero-order chi connectivity index (χ0) is 20.0. The van der Waals surface area contributed by atoms with Gasteiger partial charge in [-0.2, -0.15) is 0 Å². The van der Waals surface area contributed by atoms with Crippen molar-refractivity contribution in [3.63, 3.8) is 0 Å². The van der Waals surface area contributed by atoms with Crippen molar-refractivity contribution in [2.75, 3.05) is 19.8 Å². The average Bonchev–Trinajstić information content (AvgIpc) is 3.23. The Bertz CT molecular complexity index is 812. The highest BCUT2D eigenvalue weighted by atomic mass is 16.8. The Hall–Kier alpha value is -1.01. The van der Waals surface area contributed by atoms with Crippen LogP contribution < -0.4 is 10.9 Å². The van der Waals surface area contributed by atoms with Gasteiger partial charge in [-0.1, -0.05) is 24.3 Å². The second kappa shape index (κ2) is 6.50. The van der Waals surface area contributed by atoms with Gasteiger partial charge in [0.1, 0.15) is 31.0 Å². The summed E-state index contributed by atoms with van der Waals surface area (Å²) >= 11 is 0. The highest BCUT2D eigenvalue weighted by Gasteiger charge is 2.65. The number of hydrogen-bond donors (Lipinski definition) is 2. The lowest BCUT2D eigenvalue weighted by atomic mass is 9.48. The summed E-state index contributed by atoms with van der Waals surface area (Å²) in [7, 11) is -0.618. The predicted molar refractivity (Wildman–Crippen MR) is 101 cm³/mol. The van der Waals surface area contributed by atoms with Gasteiger partial charge in [0, 0.05) is 5.92 Å². The number of fused-ring (bicyclic) bond motifs is 8. The first-order valence-corrected chi connectivity index (χ1v) is 10.6. The van der Waals surface area contributed by atoms with E-state index in [9.17, 15) is 10.1 Å². The van der Waals surface area contributed by atoms with Crippen LogP contribution in [0.5, 0.6) is 0 Å². The fourth-order valence-corrected chi connectivity index (χ4v) is 5.62. The number of aliphatic hydroxyl groups is 1. The quantitative estimate of drug-likeness (QED) is 0.520. The largest absolute Gasteiger partial charge is 0.494 e. The van der Waals surface area contributed by atoms with Crippen molar-refractivity contribution in [2.45, 2.75) is 55.0 Å². The highest BCUT2D eigenvalue weighted by Crippen LogP contribution is 2.50. The second-order valence-corrected chi connectivity index (χ2v) is 8.99. The van der Waals surface area contributed by atoms with Gasteiger partial charge in [-0.05, 0) is 17.3 Å². The molecule has 0 aromatic heterocycles. The highest BCUT2D eigenvalue weighted by molar-refractivity contribution is 6.68. The summed E-state index contributed by atoms with van der Waals surface area (Å²) in [6.45, 7) is 0.641. The van der Waals surface area contributed by atoms with Crippen LogP contribution in [0.1, 0.15) is 6.42 Å². The van der Waals surface area contributed by atoms with Crippen molar-refractivity contribution in [2.24, 2.45) is 5.92 Å². The van der Waals surface area contributed by atoms with Crippen molar-refractivity contribution in [3.8, 4) is 0 Å². The standard InChI is InChI=1S/C19H22B2O9/c22-14-15-13-7-24-18(27-13)16(14)30-21(29-15)10-3-1-9(2-4-10)20(23)17-12-5-11-6-26-19(12,28-17)8-25-11/h1-4,11-18,22-23H,5-8H2. The molecule has 0 amide bonds. The molecule has 6 bridgehead atoms. The SMILES string of the molecule is OB(c1ccc(B2OC3C4COC(O4)C(O2)C3O)cc1)C1OC23COC(CO2)CC13. The fourth-order valence-electron chi connectivity index (χ4n) is 5.62. The Morgan fingerprint density at radius 2 is 1.90 bits per heavy atom. The molecule has 9 atom stereocenters. The van der Waals surface area contributed by atoms with E-state index >= 15 is 0 Å². The Morgan fingerprint density at radius 1 is 1.07 bits per heavy atom. The fraction of sp³-hybridized carbons (Fsp3) is 0.684. The molecule has 2 N–H and O–H groups in total. The van der Waals surface area contributed by atoms with Crippen molar-refractivity contribution in [3.05, 3.63) is 24.3 Å². The zero-order valence-corrected chi connectivity index (χ0v) is 16.2. The van der Waals surface area contributed by atoms with E-state index in [4.69, 9.17) is 33.0 Å². The maximum absolute atomic E-state index is 10.9. The van der Waals surface area contributed by atoms with Gasteiger partial charge in [0.25, 0.3) is 0 Å². The van der Waals surface area contributed by atoms with E-state index in [0.717, 1.165) is 17.3 Å². The molecule has 9 nitrogen and oxygen atoms in total. The summed E-state index contributed by atoms with van der Waals surface area (Å²) in [6, 6.07) is 7.18. The van der Waals surface area contributed by atoms with Gasteiger partial charge >= 0.3 is 14.0 Å². The number of aliphatic hydroxyl groups excluding tert-OH is 1. The molecule has 7 aliphatic heterocycles. The number of hydrogen-bond acceptors (Lipinski definition) is 9. The van der Waals surface area contributed by atoms with Gasteiger partial charge < -0.3 is 43.1 Å². The molecule has 7 heterocycles. The van der Waals surface area contributed by atoms with Crippen LogP contribution in [0, 0.1) is 5.92 Å². The van der Waals surface area contributed by atoms with Crippen LogP contribution in [0.3, 0.4) is 0 Å². The molecule has 0 saturated carbocycles. The first kappa shape index (κ1) is 18.6. The van der Waals surface area contributed by atoms with Gasteiger partial charge in [-0.25, -0.2) is 0 Å². The predicted octanol–water partition coefficient (Wildman–Crippen LogP) is -2.46. The number of benzene rings is 1. The molecule has 0 aliphatic carbocycles. The first-order chi connectivity index (χ1) is 14.6. The van der Waals surface area contributed by atoms with E-state index < -0.39 is 44.4 Å². The minimum absolute atomic E-state index is 0.0940. The minimum atomic E-state index is -0.770. The van der Waals surface area contributed by atoms with Gasteiger partial charge in [-0.3, -0.25) is 0 Å². The summed E-state index contributed by atoms with van der Waals surface area (Å²) in [5, 5.41) is 21.3. The lowest BCUT2D eigenvalue weighted by Gasteiger charge is -2.61. The van der Waals surface area contributed by atoms with Gasteiger partial charge in [0.2, 0.25) is 0 Å². The molecule has 8 rings (SSSR count). The third-order valence-corrected chi connectivity index (χ3v) is 7.31. The summed E-state index contributed by atoms with van der Waals surface area (Å²) in [5.41, 5.74) is 1.58. The normalized spacial score (nSPS) is 48.3. The maximum atomic E-state index is 10.9. The summed E-state index contributed by atoms with van der Waals surface area (Å²) in [6.07, 6.45) is -1.74. The Morgan fingerprint density at radius 3 is 2.67 bits per heavy atom. The minimum Gasteiger partial charge on any atom is -0.445 e. The van der Waals surface area contributed by atoms with Crippen LogP contribution in [0.4, 0.5) is 0 Å². The number of ether oxygens (including phenoxy) is 5. The molecule has 7 saturated heterocycles. The van der Waals surface area contributed by atoms with Gasteiger partial charge in [0.05, 0.1) is 25.3 Å². The molecule has 9 unspecified atom stereocenters. The van der Waals surface area contributed by atoms with E-state index in [1.165, 1.54) is 0 Å². The lowest BCUT2D eigenvalue weighted by molar-refractivity contribution is -0.440. The third-order valence-electron chi connectivity index (χ3n) is 7.31. The topological polar surface area (TPSA) is 105 Å². The smallest absolute Gasteiger partial charge is 0.445 e. The first-order valence-electron chi connectivity index (χ1n) is 10.6. The van der Waals surface area contributed by atoms with Crippen molar-refractivity contribution >= 4 is 25.0 Å². The van der Waals surface area contributed by atoms with Crippen molar-refractivity contribution in [1.29, 1.82) is 0 Å².